The lowest BCUT2D eigenvalue weighted by Gasteiger charge is -2.50. The van der Waals surface area contributed by atoms with E-state index < -0.39 is 17.3 Å². The average molecular weight is 664 g/mol. The van der Waals surface area contributed by atoms with Crippen molar-refractivity contribution in [2.75, 3.05) is 25.5 Å². The van der Waals surface area contributed by atoms with E-state index in [0.29, 0.717) is 23.6 Å². The van der Waals surface area contributed by atoms with Gasteiger partial charge in [-0.1, -0.05) is 35.3 Å². The number of halogens is 3. The molecule has 4 aromatic rings. The van der Waals surface area contributed by atoms with Crippen LogP contribution in [0.3, 0.4) is 0 Å². The second-order valence-corrected chi connectivity index (χ2v) is 12.7. The number of likely N-dealkylation sites (tertiary alicyclic amines) is 1. The van der Waals surface area contributed by atoms with Crippen LogP contribution >= 0.6 is 23.2 Å². The summed E-state index contributed by atoms with van der Waals surface area (Å²) in [4.78, 5) is 44.4. The van der Waals surface area contributed by atoms with Gasteiger partial charge in [0.2, 0.25) is 11.8 Å². The number of nitrogens with zero attached hydrogens (tertiary/aromatic N) is 4. The highest BCUT2D eigenvalue weighted by atomic mass is 35.5. The Morgan fingerprint density at radius 3 is 2.65 bits per heavy atom. The molecule has 7 rings (SSSR count). The van der Waals surface area contributed by atoms with Crippen LogP contribution in [0.1, 0.15) is 46.8 Å². The number of benzene rings is 2. The third-order valence-electron chi connectivity index (χ3n) is 9.14. The molecule has 10 nitrogen and oxygen atoms in total. The van der Waals surface area contributed by atoms with E-state index in [4.69, 9.17) is 32.9 Å². The number of aromatic nitrogens is 3. The Hall–Kier alpha value is -4.32. The summed E-state index contributed by atoms with van der Waals surface area (Å²) in [5.74, 6) is -0.698. The maximum atomic E-state index is 15.5. The molecule has 2 aromatic heterocycles. The van der Waals surface area contributed by atoms with Crippen molar-refractivity contribution >= 4 is 40.7 Å². The first-order valence-corrected chi connectivity index (χ1v) is 15.6. The Bertz CT molecular complexity index is 1990. The van der Waals surface area contributed by atoms with Crippen LogP contribution in [0.5, 0.6) is 5.88 Å². The van der Waals surface area contributed by atoms with Crippen molar-refractivity contribution in [3.63, 3.8) is 0 Å². The molecule has 2 N–H and O–H groups in total. The van der Waals surface area contributed by atoms with E-state index in [1.54, 1.807) is 31.4 Å². The minimum atomic E-state index is -0.684. The van der Waals surface area contributed by atoms with Crippen molar-refractivity contribution in [3.8, 4) is 28.3 Å². The van der Waals surface area contributed by atoms with Crippen LogP contribution in [0.4, 0.5) is 10.1 Å². The molecule has 0 bridgehead atoms. The zero-order valence-corrected chi connectivity index (χ0v) is 26.5. The van der Waals surface area contributed by atoms with Gasteiger partial charge in [0.05, 0.1) is 34.1 Å². The Morgan fingerprint density at radius 2 is 1.91 bits per heavy atom. The number of amides is 2. The third-order valence-corrected chi connectivity index (χ3v) is 9.94. The smallest absolute Gasteiger partial charge is 0.279 e. The SMILES string of the molecule is COc1nc(-c2ccc(F)c(-c3cccc(NC(=O)c4ccnn(C)c4=O)c3Cl)c2Cl)cc2c1C(N1CC3(CCC(=O)N3)C1)CC2. The molecular formula is C33H29Cl2FN6O4. The van der Waals surface area contributed by atoms with Gasteiger partial charge in [0.1, 0.15) is 11.4 Å². The van der Waals surface area contributed by atoms with Crippen LogP contribution in [-0.2, 0) is 18.3 Å². The molecule has 1 unspecified atom stereocenters. The molecule has 1 spiro atoms. The van der Waals surface area contributed by atoms with Gasteiger partial charge in [0.15, 0.2) is 0 Å². The fourth-order valence-corrected chi connectivity index (χ4v) is 7.51. The molecular weight excluding hydrogens is 634 g/mol. The molecule has 0 saturated carbocycles. The van der Waals surface area contributed by atoms with E-state index in [2.05, 4.69) is 20.6 Å². The largest absolute Gasteiger partial charge is 0.481 e. The maximum Gasteiger partial charge on any atom is 0.279 e. The minimum absolute atomic E-state index is 0.0451. The highest BCUT2D eigenvalue weighted by molar-refractivity contribution is 6.39. The van der Waals surface area contributed by atoms with Gasteiger partial charge >= 0.3 is 0 Å². The molecule has 1 aliphatic carbocycles. The average Bonchev–Trinajstić information content (AvgIpc) is 3.62. The Balaban J connectivity index is 1.21. The van der Waals surface area contributed by atoms with Gasteiger partial charge in [0, 0.05) is 61.1 Å². The summed E-state index contributed by atoms with van der Waals surface area (Å²) in [6, 6.07) is 11.0. The lowest BCUT2D eigenvalue weighted by Crippen LogP contribution is -2.67. The highest BCUT2D eigenvalue weighted by Gasteiger charge is 2.51. The molecule has 46 heavy (non-hydrogen) atoms. The summed E-state index contributed by atoms with van der Waals surface area (Å²) in [6.45, 7) is 1.58. The van der Waals surface area contributed by atoms with Crippen LogP contribution in [0.15, 0.2) is 53.5 Å². The minimum Gasteiger partial charge on any atom is -0.481 e. The normalized spacial score (nSPS) is 18.3. The molecule has 4 heterocycles. The Kier molecular flexibility index (Phi) is 7.57. The van der Waals surface area contributed by atoms with E-state index >= 15 is 4.39 Å². The molecule has 2 aromatic carbocycles. The van der Waals surface area contributed by atoms with Crippen LogP contribution in [0.2, 0.25) is 10.0 Å². The second-order valence-electron chi connectivity index (χ2n) is 12.0. The van der Waals surface area contributed by atoms with Crippen molar-refractivity contribution in [2.45, 2.75) is 37.3 Å². The van der Waals surface area contributed by atoms with E-state index in [1.807, 2.05) is 6.07 Å². The second kappa shape index (κ2) is 11.5. The summed E-state index contributed by atoms with van der Waals surface area (Å²) in [6.07, 6.45) is 4.46. The number of pyridine rings is 1. The third kappa shape index (κ3) is 5.03. The summed E-state index contributed by atoms with van der Waals surface area (Å²) in [7, 11) is 3.02. The number of fused-ring (bicyclic) bond motifs is 1. The first kappa shape index (κ1) is 30.3. The van der Waals surface area contributed by atoms with E-state index in [-0.39, 0.29) is 49.9 Å². The van der Waals surface area contributed by atoms with E-state index in [1.165, 1.54) is 25.4 Å². The number of carbonyl (C=O) groups excluding carboxylic acids is 2. The molecule has 2 aliphatic heterocycles. The molecule has 2 fully saturated rings. The van der Waals surface area contributed by atoms with Crippen LogP contribution in [0, 0.1) is 5.82 Å². The number of nitrogens with one attached hydrogen (secondary N) is 2. The number of rotatable bonds is 6. The van der Waals surface area contributed by atoms with Crippen LogP contribution in [-0.4, -0.2) is 57.2 Å². The fourth-order valence-electron chi connectivity index (χ4n) is 6.89. The fraction of sp³-hybridized carbons (Fsp3) is 0.303. The number of ether oxygens (including phenoxy) is 1. The van der Waals surface area contributed by atoms with Gasteiger partial charge in [-0.3, -0.25) is 19.3 Å². The predicted octanol–water partition coefficient (Wildman–Crippen LogP) is 5.17. The summed E-state index contributed by atoms with van der Waals surface area (Å²) in [5.41, 5.74) is 2.78. The number of hydrogen-bond donors (Lipinski definition) is 2. The number of carbonyl (C=O) groups is 2. The monoisotopic (exact) mass is 662 g/mol. The predicted molar refractivity (Wildman–Crippen MR) is 172 cm³/mol. The quantitative estimate of drug-likeness (QED) is 0.293. The topological polar surface area (TPSA) is 118 Å². The molecule has 0 radical (unpaired) electrons. The van der Waals surface area contributed by atoms with Crippen molar-refractivity contribution in [1.29, 1.82) is 0 Å². The Labute approximate surface area is 273 Å². The van der Waals surface area contributed by atoms with Gasteiger partial charge in [-0.15, -0.1) is 0 Å². The maximum absolute atomic E-state index is 15.5. The van der Waals surface area contributed by atoms with Crippen molar-refractivity contribution in [2.24, 2.45) is 7.05 Å². The summed E-state index contributed by atoms with van der Waals surface area (Å²) in [5, 5.41) is 9.76. The summed E-state index contributed by atoms with van der Waals surface area (Å²) < 4.78 is 22.4. The van der Waals surface area contributed by atoms with Crippen LogP contribution in [0.25, 0.3) is 22.4 Å². The lowest BCUT2D eigenvalue weighted by atomic mass is 9.86. The Morgan fingerprint density at radius 1 is 1.11 bits per heavy atom. The molecule has 13 heteroatoms. The van der Waals surface area contributed by atoms with Gasteiger partial charge in [-0.25, -0.2) is 14.1 Å². The number of hydrogen-bond acceptors (Lipinski definition) is 7. The van der Waals surface area contributed by atoms with Gasteiger partial charge in [0.25, 0.3) is 11.5 Å². The molecule has 236 valence electrons. The lowest BCUT2D eigenvalue weighted by molar-refractivity contribution is -0.121. The molecule has 2 saturated heterocycles. The number of methoxy groups -OCH3 is 1. The number of aryl methyl sites for hydroxylation is 2. The standard InChI is InChI=1S/C33H29Cl2FN6O4/c1-41-32(45)20(11-13-37-41)30(44)38-22-5-3-4-19(28(22)34)27-21(36)8-7-18(29(27)35)23-14-17-6-9-24(26(17)31(39-23)46-2)42-15-33(16-42)12-10-25(43)40-33/h3-5,7-8,11,13-14,24H,6,9-10,12,15-16H2,1-2H3,(H,38,44)(H,40,43). The van der Waals surface area contributed by atoms with Crippen molar-refractivity contribution < 1.29 is 18.7 Å². The van der Waals surface area contributed by atoms with Gasteiger partial charge in [-0.2, -0.15) is 5.10 Å². The zero-order chi connectivity index (χ0) is 32.3. The zero-order valence-electron chi connectivity index (χ0n) is 25.0. The molecule has 1 atom stereocenters. The molecule has 3 aliphatic rings. The van der Waals surface area contributed by atoms with Crippen molar-refractivity contribution in [1.82, 2.24) is 25.0 Å². The first-order valence-electron chi connectivity index (χ1n) is 14.8. The van der Waals surface area contributed by atoms with E-state index in [9.17, 15) is 14.4 Å². The van der Waals surface area contributed by atoms with E-state index in [0.717, 1.165) is 48.2 Å². The van der Waals surface area contributed by atoms with Crippen molar-refractivity contribution in [3.05, 3.63) is 91.6 Å². The van der Waals surface area contributed by atoms with Gasteiger partial charge in [-0.05, 0) is 55.2 Å². The van der Waals surface area contributed by atoms with Crippen LogP contribution < -0.4 is 20.9 Å². The molecule has 2 amide bonds. The number of anilines is 1. The summed E-state index contributed by atoms with van der Waals surface area (Å²) >= 11 is 13.7. The van der Waals surface area contributed by atoms with Gasteiger partial charge < -0.3 is 15.4 Å². The first-order chi connectivity index (χ1) is 22.1. The highest BCUT2D eigenvalue weighted by Crippen LogP contribution is 2.48.